The van der Waals surface area contributed by atoms with E-state index in [0.29, 0.717) is 18.0 Å². The summed E-state index contributed by atoms with van der Waals surface area (Å²) in [6, 6.07) is 5.12. The molecule has 1 aromatic heterocycles. The lowest BCUT2D eigenvalue weighted by atomic mass is 9.92. The van der Waals surface area contributed by atoms with E-state index in [9.17, 15) is 4.79 Å². The second-order valence-corrected chi connectivity index (χ2v) is 8.42. The van der Waals surface area contributed by atoms with Crippen LogP contribution in [0.3, 0.4) is 0 Å². The zero-order chi connectivity index (χ0) is 19.2. The molecule has 0 aliphatic carbocycles. The van der Waals surface area contributed by atoms with Crippen LogP contribution in [0.2, 0.25) is 0 Å². The lowest BCUT2D eigenvalue weighted by molar-refractivity contribution is -0.139. The SMILES string of the molecule is CCN(C(=O)C1CCCN(C2CCN(Cc3cccnc3)CC2)C1)C(C)C. The molecule has 2 fully saturated rings. The van der Waals surface area contributed by atoms with Crippen LogP contribution in [0.15, 0.2) is 24.5 Å². The lowest BCUT2D eigenvalue weighted by Gasteiger charge is -2.43. The number of hydrogen-bond donors (Lipinski definition) is 0. The Kier molecular flexibility index (Phi) is 7.25. The number of nitrogens with zero attached hydrogens (tertiary/aromatic N) is 4. The number of aromatic nitrogens is 1. The predicted octanol–water partition coefficient (Wildman–Crippen LogP) is 3.01. The first-order valence-corrected chi connectivity index (χ1v) is 10.7. The number of carbonyl (C=O) groups is 1. The monoisotopic (exact) mass is 372 g/mol. The van der Waals surface area contributed by atoms with E-state index in [2.05, 4.69) is 41.6 Å². The van der Waals surface area contributed by atoms with Gasteiger partial charge in [-0.3, -0.25) is 19.6 Å². The molecule has 2 aliphatic heterocycles. The summed E-state index contributed by atoms with van der Waals surface area (Å²) >= 11 is 0. The van der Waals surface area contributed by atoms with Gasteiger partial charge in [0.2, 0.25) is 5.91 Å². The van der Waals surface area contributed by atoms with Crippen molar-refractivity contribution in [1.29, 1.82) is 0 Å². The Labute approximate surface area is 164 Å². The van der Waals surface area contributed by atoms with Crippen molar-refractivity contribution in [3.05, 3.63) is 30.1 Å². The Morgan fingerprint density at radius 1 is 1.26 bits per heavy atom. The van der Waals surface area contributed by atoms with E-state index in [1.165, 1.54) is 18.4 Å². The highest BCUT2D eigenvalue weighted by atomic mass is 16.2. The number of hydrogen-bond acceptors (Lipinski definition) is 4. The van der Waals surface area contributed by atoms with Gasteiger partial charge in [0.1, 0.15) is 0 Å². The molecule has 2 aliphatic rings. The molecule has 150 valence electrons. The molecule has 0 aromatic carbocycles. The summed E-state index contributed by atoms with van der Waals surface area (Å²) in [4.78, 5) is 24.4. The number of rotatable bonds is 6. The standard InChI is InChI=1S/C22H36N4O/c1-4-26(18(2)3)22(27)20-8-6-12-25(17-20)21-9-13-24(14-10-21)16-19-7-5-11-23-15-19/h5,7,11,15,18,20-21H,4,6,8-10,12-14,16-17H2,1-3H3. The summed E-state index contributed by atoms with van der Waals surface area (Å²) < 4.78 is 0. The van der Waals surface area contributed by atoms with Crippen LogP contribution in [-0.2, 0) is 11.3 Å². The minimum atomic E-state index is 0.189. The molecule has 0 spiro atoms. The van der Waals surface area contributed by atoms with Gasteiger partial charge < -0.3 is 4.90 Å². The van der Waals surface area contributed by atoms with Gasteiger partial charge in [-0.1, -0.05) is 6.07 Å². The molecule has 3 heterocycles. The fourth-order valence-corrected chi connectivity index (χ4v) is 4.74. The maximum Gasteiger partial charge on any atom is 0.227 e. The van der Waals surface area contributed by atoms with Gasteiger partial charge in [0.05, 0.1) is 5.92 Å². The van der Waals surface area contributed by atoms with Gasteiger partial charge in [0.15, 0.2) is 0 Å². The molecule has 1 atom stereocenters. The van der Waals surface area contributed by atoms with Gasteiger partial charge in [0.25, 0.3) is 0 Å². The van der Waals surface area contributed by atoms with Crippen LogP contribution in [0, 0.1) is 5.92 Å². The van der Waals surface area contributed by atoms with Crippen molar-refractivity contribution in [2.24, 2.45) is 5.92 Å². The Balaban J connectivity index is 1.50. The molecule has 27 heavy (non-hydrogen) atoms. The number of carbonyl (C=O) groups excluding carboxylic acids is 1. The maximum atomic E-state index is 12.9. The van der Waals surface area contributed by atoms with Crippen molar-refractivity contribution < 1.29 is 4.79 Å². The molecule has 5 heteroatoms. The van der Waals surface area contributed by atoms with Gasteiger partial charge in [0, 0.05) is 44.1 Å². The first kappa shape index (κ1) is 20.3. The van der Waals surface area contributed by atoms with Crippen LogP contribution in [0.4, 0.5) is 0 Å². The van der Waals surface area contributed by atoms with Crippen molar-refractivity contribution >= 4 is 5.91 Å². The highest BCUT2D eigenvalue weighted by Crippen LogP contribution is 2.26. The summed E-state index contributed by atoms with van der Waals surface area (Å²) in [6.45, 7) is 12.6. The summed E-state index contributed by atoms with van der Waals surface area (Å²) in [6.07, 6.45) is 8.44. The molecule has 0 saturated carbocycles. The van der Waals surface area contributed by atoms with Crippen molar-refractivity contribution in [1.82, 2.24) is 19.7 Å². The van der Waals surface area contributed by atoms with Crippen LogP contribution in [0.5, 0.6) is 0 Å². The largest absolute Gasteiger partial charge is 0.340 e. The fourth-order valence-electron chi connectivity index (χ4n) is 4.74. The molecule has 0 N–H and O–H groups in total. The number of piperidine rings is 2. The van der Waals surface area contributed by atoms with E-state index in [-0.39, 0.29) is 5.92 Å². The van der Waals surface area contributed by atoms with Gasteiger partial charge in [-0.15, -0.1) is 0 Å². The number of pyridine rings is 1. The zero-order valence-corrected chi connectivity index (χ0v) is 17.3. The minimum absolute atomic E-state index is 0.189. The molecule has 1 amide bonds. The molecule has 0 radical (unpaired) electrons. The molecule has 5 nitrogen and oxygen atoms in total. The van der Waals surface area contributed by atoms with E-state index < -0.39 is 0 Å². The van der Waals surface area contributed by atoms with Gasteiger partial charge >= 0.3 is 0 Å². The molecule has 3 rings (SSSR count). The smallest absolute Gasteiger partial charge is 0.227 e. The van der Waals surface area contributed by atoms with Crippen molar-refractivity contribution in [2.45, 2.75) is 65.1 Å². The first-order valence-electron chi connectivity index (χ1n) is 10.7. The normalized spacial score (nSPS) is 22.9. The average molecular weight is 373 g/mol. The van der Waals surface area contributed by atoms with E-state index in [0.717, 1.165) is 52.1 Å². The molecule has 2 saturated heterocycles. The average Bonchev–Trinajstić information content (AvgIpc) is 2.69. The lowest BCUT2D eigenvalue weighted by Crippen LogP contribution is -2.52. The topological polar surface area (TPSA) is 39.7 Å². The van der Waals surface area contributed by atoms with Crippen molar-refractivity contribution in [3.63, 3.8) is 0 Å². The maximum absolute atomic E-state index is 12.9. The highest BCUT2D eigenvalue weighted by molar-refractivity contribution is 5.79. The van der Waals surface area contributed by atoms with E-state index in [1.807, 2.05) is 23.4 Å². The summed E-state index contributed by atoms with van der Waals surface area (Å²) in [7, 11) is 0. The number of likely N-dealkylation sites (tertiary alicyclic amines) is 2. The van der Waals surface area contributed by atoms with Gasteiger partial charge in [-0.05, 0) is 77.7 Å². The van der Waals surface area contributed by atoms with Crippen LogP contribution < -0.4 is 0 Å². The highest BCUT2D eigenvalue weighted by Gasteiger charge is 2.33. The Bertz CT molecular complexity index is 583. The van der Waals surface area contributed by atoms with Gasteiger partial charge in [-0.2, -0.15) is 0 Å². The van der Waals surface area contributed by atoms with Crippen LogP contribution in [-0.4, -0.2) is 70.4 Å². The van der Waals surface area contributed by atoms with E-state index >= 15 is 0 Å². The molecular formula is C22H36N4O. The third-order valence-electron chi connectivity index (χ3n) is 6.25. The summed E-state index contributed by atoms with van der Waals surface area (Å²) in [5, 5.41) is 0. The summed E-state index contributed by atoms with van der Waals surface area (Å²) in [5.74, 6) is 0.556. The van der Waals surface area contributed by atoms with E-state index in [4.69, 9.17) is 0 Å². The Morgan fingerprint density at radius 3 is 2.67 bits per heavy atom. The zero-order valence-electron chi connectivity index (χ0n) is 17.3. The van der Waals surface area contributed by atoms with Crippen LogP contribution in [0.25, 0.3) is 0 Å². The summed E-state index contributed by atoms with van der Waals surface area (Å²) in [5.41, 5.74) is 1.30. The molecule has 0 bridgehead atoms. The third-order valence-corrected chi connectivity index (χ3v) is 6.25. The minimum Gasteiger partial charge on any atom is -0.340 e. The number of amides is 1. The van der Waals surface area contributed by atoms with Gasteiger partial charge in [-0.25, -0.2) is 0 Å². The molecular weight excluding hydrogens is 336 g/mol. The van der Waals surface area contributed by atoms with Crippen LogP contribution in [0.1, 0.15) is 52.0 Å². The Morgan fingerprint density at radius 2 is 2.04 bits per heavy atom. The molecule has 1 aromatic rings. The third kappa shape index (κ3) is 5.29. The second kappa shape index (κ2) is 9.65. The van der Waals surface area contributed by atoms with Crippen molar-refractivity contribution in [2.75, 3.05) is 32.7 Å². The predicted molar refractivity (Wildman–Crippen MR) is 109 cm³/mol. The molecule has 1 unspecified atom stereocenters. The Hall–Kier alpha value is -1.46. The quantitative estimate of drug-likeness (QED) is 0.770. The fraction of sp³-hybridized carbons (Fsp3) is 0.727. The first-order chi connectivity index (χ1) is 13.1. The second-order valence-electron chi connectivity index (χ2n) is 8.42. The van der Waals surface area contributed by atoms with Crippen LogP contribution >= 0.6 is 0 Å². The van der Waals surface area contributed by atoms with Crippen molar-refractivity contribution in [3.8, 4) is 0 Å². The van der Waals surface area contributed by atoms with E-state index in [1.54, 1.807) is 0 Å².